The zero-order valence-electron chi connectivity index (χ0n) is 36.4. The highest BCUT2D eigenvalue weighted by atomic mass is 15.0. The molecule has 10 aromatic carbocycles. The van der Waals surface area contributed by atoms with Gasteiger partial charge in [0.15, 0.2) is 0 Å². The van der Waals surface area contributed by atoms with E-state index in [1.54, 1.807) is 0 Å². The van der Waals surface area contributed by atoms with Gasteiger partial charge in [-0.3, -0.25) is 0 Å². The molecule has 0 N–H and O–H groups in total. The van der Waals surface area contributed by atoms with Crippen LogP contribution in [0.15, 0.2) is 231 Å². The molecule has 11 aromatic rings. The average molecular weight is 818 g/mol. The van der Waals surface area contributed by atoms with Crippen molar-refractivity contribution < 1.29 is 0 Å². The number of nitrogens with zero attached hydrogens (tertiary/aromatic N) is 1. The maximum atomic E-state index is 2.49. The third kappa shape index (κ3) is 5.85. The van der Waals surface area contributed by atoms with Gasteiger partial charge in [0.05, 0.1) is 11.0 Å². The Hall–Kier alpha value is -7.74. The Kier molecular flexibility index (Phi) is 8.71. The third-order valence-electron chi connectivity index (χ3n) is 14.4. The first kappa shape index (κ1) is 38.0. The van der Waals surface area contributed by atoms with E-state index in [4.69, 9.17) is 0 Å². The summed E-state index contributed by atoms with van der Waals surface area (Å²) in [6, 6.07) is 85.7. The van der Waals surface area contributed by atoms with Gasteiger partial charge in [-0.15, -0.1) is 0 Å². The SMILES string of the molecule is CC1(C)c2ccccc2-c2cc(C(C)(c3cccc(-c4ccccc4)c3)c3ccc(-c4ccc(-n5c6ccccc6c6ccc7ccccc7c65)cc4)c(-c4ccccc4)c3)ccc21. The molecule has 1 heterocycles. The normalized spacial score (nSPS) is 13.8. The summed E-state index contributed by atoms with van der Waals surface area (Å²) in [5.74, 6) is 0. The van der Waals surface area contributed by atoms with Gasteiger partial charge in [-0.1, -0.05) is 208 Å². The van der Waals surface area contributed by atoms with Crippen molar-refractivity contribution in [3.63, 3.8) is 0 Å². The summed E-state index contributed by atoms with van der Waals surface area (Å²) in [6.07, 6.45) is 0. The maximum absolute atomic E-state index is 2.49. The average Bonchev–Trinajstić information content (AvgIpc) is 3.82. The molecule has 304 valence electrons. The van der Waals surface area contributed by atoms with Gasteiger partial charge in [-0.2, -0.15) is 0 Å². The molecule has 1 atom stereocenters. The molecule has 1 unspecified atom stereocenters. The van der Waals surface area contributed by atoms with Crippen LogP contribution in [0, 0.1) is 0 Å². The predicted octanol–water partition coefficient (Wildman–Crippen LogP) is 16.6. The van der Waals surface area contributed by atoms with Gasteiger partial charge < -0.3 is 4.57 Å². The Morgan fingerprint density at radius 3 is 1.75 bits per heavy atom. The highest BCUT2D eigenvalue weighted by molar-refractivity contribution is 6.18. The lowest BCUT2D eigenvalue weighted by molar-refractivity contribution is 0.656. The van der Waals surface area contributed by atoms with Crippen molar-refractivity contribution >= 4 is 32.6 Å². The molecule has 0 fully saturated rings. The number of aromatic nitrogens is 1. The van der Waals surface area contributed by atoms with E-state index in [9.17, 15) is 0 Å². The van der Waals surface area contributed by atoms with Gasteiger partial charge in [0.2, 0.25) is 0 Å². The predicted molar refractivity (Wildman–Crippen MR) is 271 cm³/mol. The topological polar surface area (TPSA) is 4.93 Å². The summed E-state index contributed by atoms with van der Waals surface area (Å²) in [6.45, 7) is 7.16. The van der Waals surface area contributed by atoms with Crippen LogP contribution in [0.5, 0.6) is 0 Å². The quantitative estimate of drug-likeness (QED) is 0.141. The van der Waals surface area contributed by atoms with Crippen LogP contribution in [0.25, 0.3) is 82.8 Å². The molecule has 0 radical (unpaired) electrons. The number of para-hydroxylation sites is 1. The molecular weight excluding hydrogens is 771 g/mol. The molecule has 0 saturated heterocycles. The number of hydrogen-bond acceptors (Lipinski definition) is 0. The maximum Gasteiger partial charge on any atom is 0.0619 e. The Balaban J connectivity index is 1.04. The summed E-state index contributed by atoms with van der Waals surface area (Å²) in [4.78, 5) is 0. The molecule has 0 amide bonds. The summed E-state index contributed by atoms with van der Waals surface area (Å²) in [5.41, 5.74) is 19.5. The van der Waals surface area contributed by atoms with E-state index in [0.29, 0.717) is 0 Å². The second-order valence-electron chi connectivity index (χ2n) is 18.2. The molecule has 12 rings (SSSR count). The Morgan fingerprint density at radius 1 is 0.359 bits per heavy atom. The Bertz CT molecular complexity index is 3570. The van der Waals surface area contributed by atoms with Crippen molar-refractivity contribution in [1.29, 1.82) is 0 Å². The van der Waals surface area contributed by atoms with Crippen LogP contribution in [-0.4, -0.2) is 4.57 Å². The molecule has 1 aliphatic carbocycles. The van der Waals surface area contributed by atoms with Crippen molar-refractivity contribution in [3.8, 4) is 50.2 Å². The molecule has 1 heteroatoms. The lowest BCUT2D eigenvalue weighted by atomic mass is 9.69. The fraction of sp³-hybridized carbons (Fsp3) is 0.0794. The van der Waals surface area contributed by atoms with Crippen LogP contribution in [0.2, 0.25) is 0 Å². The first-order valence-corrected chi connectivity index (χ1v) is 22.5. The summed E-state index contributed by atoms with van der Waals surface area (Å²) in [7, 11) is 0. The second-order valence-corrected chi connectivity index (χ2v) is 18.2. The lowest BCUT2D eigenvalue weighted by Gasteiger charge is -2.34. The van der Waals surface area contributed by atoms with Gasteiger partial charge in [0.25, 0.3) is 0 Å². The van der Waals surface area contributed by atoms with Crippen LogP contribution in [0.3, 0.4) is 0 Å². The van der Waals surface area contributed by atoms with Crippen molar-refractivity contribution in [2.75, 3.05) is 0 Å². The minimum Gasteiger partial charge on any atom is -0.309 e. The Morgan fingerprint density at radius 2 is 0.953 bits per heavy atom. The number of fused-ring (bicyclic) bond motifs is 8. The van der Waals surface area contributed by atoms with E-state index in [0.717, 1.165) is 5.69 Å². The molecule has 1 aromatic heterocycles. The highest BCUT2D eigenvalue weighted by Gasteiger charge is 2.38. The van der Waals surface area contributed by atoms with Crippen LogP contribution in [0.4, 0.5) is 0 Å². The third-order valence-corrected chi connectivity index (χ3v) is 14.4. The van der Waals surface area contributed by atoms with Gasteiger partial charge in [-0.25, -0.2) is 0 Å². The van der Waals surface area contributed by atoms with Crippen molar-refractivity contribution in [2.45, 2.75) is 31.6 Å². The van der Waals surface area contributed by atoms with Crippen LogP contribution < -0.4 is 0 Å². The zero-order valence-corrected chi connectivity index (χ0v) is 36.4. The highest BCUT2D eigenvalue weighted by Crippen LogP contribution is 2.51. The van der Waals surface area contributed by atoms with Gasteiger partial charge in [0.1, 0.15) is 0 Å². The lowest BCUT2D eigenvalue weighted by Crippen LogP contribution is -2.26. The molecule has 1 aliphatic rings. The van der Waals surface area contributed by atoms with Gasteiger partial charge in [0, 0.05) is 32.7 Å². The molecule has 0 aliphatic heterocycles. The fourth-order valence-corrected chi connectivity index (χ4v) is 10.9. The number of benzene rings is 10. The van der Waals surface area contributed by atoms with Crippen LogP contribution in [0.1, 0.15) is 48.6 Å². The monoisotopic (exact) mass is 817 g/mol. The summed E-state index contributed by atoms with van der Waals surface area (Å²) in [5, 5.41) is 5.04. The van der Waals surface area contributed by atoms with E-state index in [1.807, 2.05) is 0 Å². The van der Waals surface area contributed by atoms with Crippen molar-refractivity contribution in [1.82, 2.24) is 4.57 Å². The largest absolute Gasteiger partial charge is 0.309 e. The second kappa shape index (κ2) is 14.7. The van der Waals surface area contributed by atoms with E-state index in [-0.39, 0.29) is 5.41 Å². The first-order chi connectivity index (χ1) is 31.4. The van der Waals surface area contributed by atoms with E-state index >= 15 is 0 Å². The minimum atomic E-state index is -0.493. The molecular formula is C63H47N. The molecule has 0 saturated carbocycles. The van der Waals surface area contributed by atoms with Gasteiger partial charge >= 0.3 is 0 Å². The van der Waals surface area contributed by atoms with Gasteiger partial charge in [-0.05, 0) is 121 Å². The number of rotatable bonds is 7. The zero-order chi connectivity index (χ0) is 43.0. The first-order valence-electron chi connectivity index (χ1n) is 22.5. The number of hydrogen-bond donors (Lipinski definition) is 0. The smallest absolute Gasteiger partial charge is 0.0619 e. The fourth-order valence-electron chi connectivity index (χ4n) is 10.9. The summed E-state index contributed by atoms with van der Waals surface area (Å²) < 4.78 is 2.45. The van der Waals surface area contributed by atoms with E-state index < -0.39 is 5.41 Å². The summed E-state index contributed by atoms with van der Waals surface area (Å²) >= 11 is 0. The van der Waals surface area contributed by atoms with Crippen LogP contribution in [-0.2, 0) is 10.8 Å². The molecule has 0 bridgehead atoms. The minimum absolute atomic E-state index is 0.0684. The molecule has 0 spiro atoms. The van der Waals surface area contributed by atoms with E-state index in [2.05, 4.69) is 256 Å². The Labute approximate surface area is 375 Å². The van der Waals surface area contributed by atoms with Crippen LogP contribution >= 0.6 is 0 Å². The molecule has 64 heavy (non-hydrogen) atoms. The molecule has 1 nitrogen and oxygen atoms in total. The van der Waals surface area contributed by atoms with Crippen molar-refractivity contribution in [3.05, 3.63) is 258 Å². The standard InChI is InChI=1S/C63H47N/c1-62(2)58-27-14-12-25-53(58)57-41-49(33-38-59(57)62)63(3,47-23-16-22-46(39-47)42-17-6-4-7-18-42)48-32-37-51(56(40-48)43-19-8-5-9-20-43)45-29-34-50(35-30-45)64-60-28-15-13-26-54(60)55-36-31-44-21-10-11-24-52(44)61(55)64/h4-41H,1-3H3. The van der Waals surface area contributed by atoms with Crippen molar-refractivity contribution in [2.24, 2.45) is 0 Å². The van der Waals surface area contributed by atoms with E-state index in [1.165, 1.54) is 105 Å².